The van der Waals surface area contributed by atoms with Gasteiger partial charge in [0.05, 0.1) is 17.8 Å². The molecule has 0 amide bonds. The van der Waals surface area contributed by atoms with Crippen molar-refractivity contribution >= 4 is 5.97 Å². The average Bonchev–Trinajstić information content (AvgIpc) is 3.21. The Balaban J connectivity index is 1.90. The third kappa shape index (κ3) is 4.87. The van der Waals surface area contributed by atoms with Crippen molar-refractivity contribution in [1.82, 2.24) is 19.7 Å². The second-order valence-electron chi connectivity index (χ2n) is 7.56. The number of carbonyl (C=O) groups is 1. The summed E-state index contributed by atoms with van der Waals surface area (Å²) in [6.07, 6.45) is 4.90. The van der Waals surface area contributed by atoms with E-state index in [2.05, 4.69) is 18.8 Å². The fourth-order valence-corrected chi connectivity index (χ4v) is 3.73. The number of nitrogens with zero attached hydrogens (tertiary/aromatic N) is 4. The number of rotatable bonds is 11. The van der Waals surface area contributed by atoms with Gasteiger partial charge in [0.2, 0.25) is 11.6 Å². The number of hydrogen-bond donors (Lipinski definition) is 1. The third-order valence-electron chi connectivity index (χ3n) is 5.41. The number of methoxy groups -OCH3 is 2. The van der Waals surface area contributed by atoms with Gasteiger partial charge in [-0.3, -0.25) is 4.98 Å². The molecular weight excluding hydrogens is 408 g/mol. The van der Waals surface area contributed by atoms with Crippen LogP contribution in [0.3, 0.4) is 0 Å². The van der Waals surface area contributed by atoms with Crippen molar-refractivity contribution in [3.8, 4) is 11.1 Å². The standard InChI is InChI=1S/C24H30N4O4/c1-5-9-21-26-23(24(31-3,32-4)14-6-2)27-28(21)16-18-13-12-17(15-25-18)19-10-7-8-11-20(19)22(29)30/h7-8,10-13,15H,5-6,9,14,16H2,1-4H3,(H,29,30). The maximum Gasteiger partial charge on any atom is 0.336 e. The Morgan fingerprint density at radius 2 is 1.84 bits per heavy atom. The van der Waals surface area contributed by atoms with Gasteiger partial charge in [0.1, 0.15) is 5.82 Å². The van der Waals surface area contributed by atoms with E-state index in [1.54, 1.807) is 38.6 Å². The van der Waals surface area contributed by atoms with Crippen LogP contribution in [-0.4, -0.2) is 45.0 Å². The van der Waals surface area contributed by atoms with Crippen LogP contribution in [0.15, 0.2) is 42.6 Å². The van der Waals surface area contributed by atoms with Crippen molar-refractivity contribution in [1.29, 1.82) is 0 Å². The predicted octanol–water partition coefficient (Wildman–Crippen LogP) is 4.28. The molecule has 1 N–H and O–H groups in total. The van der Waals surface area contributed by atoms with E-state index in [1.165, 1.54) is 0 Å². The van der Waals surface area contributed by atoms with Gasteiger partial charge in [-0.15, -0.1) is 5.10 Å². The van der Waals surface area contributed by atoms with E-state index in [0.717, 1.165) is 36.3 Å². The van der Waals surface area contributed by atoms with Crippen LogP contribution in [0.4, 0.5) is 0 Å². The molecule has 3 rings (SSSR count). The molecule has 2 heterocycles. The number of hydrogen-bond acceptors (Lipinski definition) is 6. The molecule has 0 atom stereocenters. The number of aryl methyl sites for hydroxylation is 1. The molecule has 0 bridgehead atoms. The number of carboxylic acids is 1. The summed E-state index contributed by atoms with van der Waals surface area (Å²) >= 11 is 0. The minimum absolute atomic E-state index is 0.250. The summed E-state index contributed by atoms with van der Waals surface area (Å²) in [7, 11) is 3.21. The number of pyridine rings is 1. The topological polar surface area (TPSA) is 99.4 Å². The average molecular weight is 439 g/mol. The molecule has 2 aromatic heterocycles. The van der Waals surface area contributed by atoms with Crippen molar-refractivity contribution in [3.05, 3.63) is 65.5 Å². The molecule has 0 saturated heterocycles. The molecule has 0 aliphatic rings. The lowest BCUT2D eigenvalue weighted by Gasteiger charge is -2.27. The smallest absolute Gasteiger partial charge is 0.336 e. The van der Waals surface area contributed by atoms with E-state index < -0.39 is 11.8 Å². The van der Waals surface area contributed by atoms with E-state index >= 15 is 0 Å². The highest BCUT2D eigenvalue weighted by Gasteiger charge is 2.36. The molecule has 0 spiro atoms. The first kappa shape index (κ1) is 23.6. The van der Waals surface area contributed by atoms with Gasteiger partial charge in [-0.05, 0) is 24.1 Å². The zero-order chi connectivity index (χ0) is 23.1. The first-order chi connectivity index (χ1) is 15.5. The molecule has 170 valence electrons. The fraction of sp³-hybridized carbons (Fsp3) is 0.417. The monoisotopic (exact) mass is 438 g/mol. The van der Waals surface area contributed by atoms with Crippen LogP contribution in [0.5, 0.6) is 0 Å². The Morgan fingerprint density at radius 1 is 1.09 bits per heavy atom. The quantitative estimate of drug-likeness (QED) is 0.446. The summed E-state index contributed by atoms with van der Waals surface area (Å²) in [6.45, 7) is 4.60. The van der Waals surface area contributed by atoms with Crippen LogP contribution in [0.2, 0.25) is 0 Å². The number of carboxylic acid groups (broad SMARTS) is 1. The number of aromatic carboxylic acids is 1. The Bertz CT molecular complexity index is 1040. The maximum absolute atomic E-state index is 11.5. The molecule has 1 aromatic carbocycles. The predicted molar refractivity (Wildman–Crippen MR) is 120 cm³/mol. The molecule has 3 aromatic rings. The van der Waals surface area contributed by atoms with Crippen LogP contribution in [0, 0.1) is 0 Å². The van der Waals surface area contributed by atoms with Gasteiger partial charge in [-0.2, -0.15) is 0 Å². The Hall–Kier alpha value is -3.10. The van der Waals surface area contributed by atoms with Gasteiger partial charge in [-0.1, -0.05) is 44.5 Å². The zero-order valence-electron chi connectivity index (χ0n) is 19.0. The van der Waals surface area contributed by atoms with Crippen LogP contribution in [0.25, 0.3) is 11.1 Å². The third-order valence-corrected chi connectivity index (χ3v) is 5.41. The largest absolute Gasteiger partial charge is 0.478 e. The van der Waals surface area contributed by atoms with Gasteiger partial charge in [0.15, 0.2) is 0 Å². The number of benzene rings is 1. The molecule has 0 saturated carbocycles. The lowest BCUT2D eigenvalue weighted by atomic mass is 10.0. The van der Waals surface area contributed by atoms with Crippen molar-refractivity contribution in [2.45, 2.75) is 51.9 Å². The van der Waals surface area contributed by atoms with Gasteiger partial charge in [0, 0.05) is 38.8 Å². The molecule has 0 unspecified atom stereocenters. The fourth-order valence-electron chi connectivity index (χ4n) is 3.73. The SMILES string of the molecule is CCCc1nc(C(CCC)(OC)OC)nn1Cc1ccc(-c2ccccc2C(=O)O)cn1. The van der Waals surface area contributed by atoms with Crippen molar-refractivity contribution in [2.24, 2.45) is 0 Å². The van der Waals surface area contributed by atoms with Gasteiger partial charge in [-0.25, -0.2) is 14.5 Å². The van der Waals surface area contributed by atoms with Crippen LogP contribution in [-0.2, 0) is 28.2 Å². The highest BCUT2D eigenvalue weighted by Crippen LogP contribution is 2.29. The normalized spacial score (nSPS) is 11.6. The minimum atomic E-state index is -0.972. The summed E-state index contributed by atoms with van der Waals surface area (Å²) in [5.41, 5.74) is 2.43. The van der Waals surface area contributed by atoms with E-state index in [-0.39, 0.29) is 5.56 Å². The second-order valence-corrected chi connectivity index (χ2v) is 7.56. The van der Waals surface area contributed by atoms with Gasteiger partial charge < -0.3 is 14.6 Å². The summed E-state index contributed by atoms with van der Waals surface area (Å²) in [6, 6.07) is 10.7. The van der Waals surface area contributed by atoms with Crippen LogP contribution >= 0.6 is 0 Å². The summed E-state index contributed by atoms with van der Waals surface area (Å²) in [5, 5.41) is 14.2. The van der Waals surface area contributed by atoms with E-state index in [1.807, 2.05) is 22.9 Å². The molecule has 8 heteroatoms. The van der Waals surface area contributed by atoms with Gasteiger partial charge >= 0.3 is 5.97 Å². The van der Waals surface area contributed by atoms with E-state index in [4.69, 9.17) is 19.6 Å². The van der Waals surface area contributed by atoms with E-state index in [0.29, 0.717) is 24.4 Å². The summed E-state index contributed by atoms with van der Waals surface area (Å²) < 4.78 is 13.2. The first-order valence-electron chi connectivity index (χ1n) is 10.8. The lowest BCUT2D eigenvalue weighted by Crippen LogP contribution is -2.32. The number of ether oxygens (including phenoxy) is 2. The molecule has 8 nitrogen and oxygen atoms in total. The maximum atomic E-state index is 11.5. The molecule has 0 aliphatic heterocycles. The van der Waals surface area contributed by atoms with E-state index in [9.17, 15) is 9.90 Å². The highest BCUT2D eigenvalue weighted by atomic mass is 16.7. The first-order valence-corrected chi connectivity index (χ1v) is 10.8. The summed E-state index contributed by atoms with van der Waals surface area (Å²) in [5.74, 6) is -0.574. The molecular formula is C24H30N4O4. The Labute approximate surface area is 188 Å². The van der Waals surface area contributed by atoms with Crippen LogP contribution in [0.1, 0.15) is 60.8 Å². The molecule has 0 fully saturated rings. The molecule has 32 heavy (non-hydrogen) atoms. The zero-order valence-corrected chi connectivity index (χ0v) is 19.0. The lowest BCUT2D eigenvalue weighted by molar-refractivity contribution is -0.225. The van der Waals surface area contributed by atoms with Gasteiger partial charge in [0.25, 0.3) is 0 Å². The second kappa shape index (κ2) is 10.5. The van der Waals surface area contributed by atoms with Crippen molar-refractivity contribution in [2.75, 3.05) is 14.2 Å². The number of aromatic nitrogens is 4. The minimum Gasteiger partial charge on any atom is -0.478 e. The van der Waals surface area contributed by atoms with Crippen molar-refractivity contribution < 1.29 is 19.4 Å². The highest BCUT2D eigenvalue weighted by molar-refractivity contribution is 5.95. The molecule has 0 aliphatic carbocycles. The Kier molecular flexibility index (Phi) is 7.71. The molecule has 0 radical (unpaired) electrons. The summed E-state index contributed by atoms with van der Waals surface area (Å²) in [4.78, 5) is 20.8. The van der Waals surface area contributed by atoms with Crippen molar-refractivity contribution in [3.63, 3.8) is 0 Å². The Morgan fingerprint density at radius 3 is 2.44 bits per heavy atom. The van der Waals surface area contributed by atoms with Crippen LogP contribution < -0.4 is 0 Å².